The minimum Gasteiger partial charge on any atom is -0.495 e. The van der Waals surface area contributed by atoms with Gasteiger partial charge >= 0.3 is 5.97 Å². The average molecular weight is 396 g/mol. The van der Waals surface area contributed by atoms with E-state index in [2.05, 4.69) is 10.6 Å². The lowest BCUT2D eigenvalue weighted by molar-refractivity contribution is -0.149. The Hall–Kier alpha value is -3.61. The highest BCUT2D eigenvalue weighted by atomic mass is 16.5. The van der Waals surface area contributed by atoms with Crippen molar-refractivity contribution in [2.24, 2.45) is 0 Å². The van der Waals surface area contributed by atoms with E-state index in [1.54, 1.807) is 36.4 Å². The van der Waals surface area contributed by atoms with E-state index in [-0.39, 0.29) is 5.70 Å². The Kier molecular flexibility index (Phi) is 7.54. The second kappa shape index (κ2) is 10.1. The molecule has 29 heavy (non-hydrogen) atoms. The molecule has 2 aromatic rings. The van der Waals surface area contributed by atoms with E-state index in [1.807, 2.05) is 19.1 Å². The molecule has 2 aromatic carbocycles. The summed E-state index contributed by atoms with van der Waals surface area (Å²) in [5.74, 6) is -1.27. The smallest absolute Gasteiger partial charge is 0.355 e. The van der Waals surface area contributed by atoms with Crippen LogP contribution in [0, 0.1) is 6.92 Å². The third kappa shape index (κ3) is 6.49. The summed E-state index contributed by atoms with van der Waals surface area (Å²) in [6.45, 7) is 4.61. The standard InChI is InChI=1S/C22H24N2O5/c1-14-10-11-20(28-4)18(12-14)24-21(26)15(2)29-22(27)19(23-16(3)25)13-17-8-6-5-7-9-17/h5-13,15H,1-4H3,(H,23,25)(H,24,26)/b19-13-/t15-/m0/s1. The number of ether oxygens (including phenoxy) is 2. The van der Waals surface area contributed by atoms with Crippen LogP contribution in [0.5, 0.6) is 5.75 Å². The number of hydrogen-bond acceptors (Lipinski definition) is 5. The fraction of sp³-hybridized carbons (Fsp3) is 0.227. The maximum atomic E-state index is 12.5. The van der Waals surface area contributed by atoms with Gasteiger partial charge in [-0.05, 0) is 43.2 Å². The Morgan fingerprint density at radius 3 is 2.38 bits per heavy atom. The highest BCUT2D eigenvalue weighted by Crippen LogP contribution is 2.25. The number of amides is 2. The molecule has 7 heteroatoms. The fourth-order valence-corrected chi connectivity index (χ4v) is 2.48. The second-order valence-corrected chi connectivity index (χ2v) is 6.39. The molecule has 1 atom stereocenters. The van der Waals surface area contributed by atoms with Crippen LogP contribution in [0.2, 0.25) is 0 Å². The Morgan fingerprint density at radius 2 is 1.76 bits per heavy atom. The number of nitrogens with one attached hydrogen (secondary N) is 2. The minimum absolute atomic E-state index is 0.0588. The van der Waals surface area contributed by atoms with E-state index in [9.17, 15) is 14.4 Å². The summed E-state index contributed by atoms with van der Waals surface area (Å²) < 4.78 is 10.5. The van der Waals surface area contributed by atoms with Crippen molar-refractivity contribution in [1.29, 1.82) is 0 Å². The van der Waals surface area contributed by atoms with Crippen molar-refractivity contribution in [2.45, 2.75) is 26.9 Å². The summed E-state index contributed by atoms with van der Waals surface area (Å²) in [7, 11) is 1.50. The van der Waals surface area contributed by atoms with Crippen molar-refractivity contribution in [3.8, 4) is 5.75 Å². The maximum Gasteiger partial charge on any atom is 0.355 e. The number of benzene rings is 2. The zero-order valence-corrected chi connectivity index (χ0v) is 16.8. The van der Waals surface area contributed by atoms with Crippen LogP contribution in [0.25, 0.3) is 6.08 Å². The van der Waals surface area contributed by atoms with E-state index in [0.29, 0.717) is 17.0 Å². The highest BCUT2D eigenvalue weighted by molar-refractivity contribution is 6.01. The monoisotopic (exact) mass is 396 g/mol. The predicted octanol–water partition coefficient (Wildman–Crippen LogP) is 3.05. The molecule has 0 fully saturated rings. The molecular weight excluding hydrogens is 372 g/mol. The van der Waals surface area contributed by atoms with Crippen molar-refractivity contribution in [1.82, 2.24) is 5.32 Å². The normalized spacial score (nSPS) is 11.9. The first kappa shape index (κ1) is 21.7. The largest absolute Gasteiger partial charge is 0.495 e. The molecule has 152 valence electrons. The third-order valence-corrected chi connectivity index (χ3v) is 3.91. The van der Waals surface area contributed by atoms with Gasteiger partial charge < -0.3 is 20.1 Å². The summed E-state index contributed by atoms with van der Waals surface area (Å²) in [5, 5.41) is 5.13. The van der Waals surface area contributed by atoms with Crippen LogP contribution >= 0.6 is 0 Å². The van der Waals surface area contributed by atoms with Crippen molar-refractivity contribution in [3.05, 3.63) is 65.4 Å². The van der Waals surface area contributed by atoms with Gasteiger partial charge in [0, 0.05) is 6.92 Å². The molecule has 0 radical (unpaired) electrons. The first-order valence-corrected chi connectivity index (χ1v) is 9.01. The molecule has 0 heterocycles. The molecule has 0 aromatic heterocycles. The lowest BCUT2D eigenvalue weighted by Gasteiger charge is -2.16. The number of methoxy groups -OCH3 is 1. The van der Waals surface area contributed by atoms with Gasteiger partial charge in [-0.2, -0.15) is 0 Å². The van der Waals surface area contributed by atoms with Gasteiger partial charge in [0.1, 0.15) is 11.4 Å². The maximum absolute atomic E-state index is 12.5. The molecule has 0 aliphatic rings. The summed E-state index contributed by atoms with van der Waals surface area (Å²) in [6.07, 6.45) is 0.387. The molecule has 2 rings (SSSR count). The molecule has 0 aliphatic carbocycles. The number of anilines is 1. The van der Waals surface area contributed by atoms with Crippen molar-refractivity contribution in [3.63, 3.8) is 0 Å². The van der Waals surface area contributed by atoms with E-state index in [4.69, 9.17) is 9.47 Å². The van der Waals surface area contributed by atoms with Gasteiger partial charge in [0.2, 0.25) is 5.91 Å². The van der Waals surface area contributed by atoms with Gasteiger partial charge in [-0.1, -0.05) is 36.4 Å². The van der Waals surface area contributed by atoms with Gasteiger partial charge in [0.25, 0.3) is 5.91 Å². The van der Waals surface area contributed by atoms with Gasteiger partial charge in [-0.25, -0.2) is 4.79 Å². The topological polar surface area (TPSA) is 93.7 Å². The number of carbonyl (C=O) groups excluding carboxylic acids is 3. The van der Waals surface area contributed by atoms with Gasteiger partial charge in [-0.3, -0.25) is 9.59 Å². The van der Waals surface area contributed by atoms with E-state index >= 15 is 0 Å². The summed E-state index contributed by atoms with van der Waals surface area (Å²) in [5.41, 5.74) is 2.05. The third-order valence-electron chi connectivity index (χ3n) is 3.91. The molecule has 2 amide bonds. The predicted molar refractivity (Wildman–Crippen MR) is 110 cm³/mol. The number of rotatable bonds is 7. The van der Waals surface area contributed by atoms with E-state index < -0.39 is 23.9 Å². The van der Waals surface area contributed by atoms with Crippen LogP contribution in [-0.2, 0) is 19.1 Å². The molecule has 7 nitrogen and oxygen atoms in total. The molecule has 0 saturated heterocycles. The van der Waals surface area contributed by atoms with Crippen molar-refractivity contribution < 1.29 is 23.9 Å². The van der Waals surface area contributed by atoms with Crippen LogP contribution in [0.4, 0.5) is 5.69 Å². The van der Waals surface area contributed by atoms with Crippen molar-refractivity contribution >= 4 is 29.5 Å². The minimum atomic E-state index is -1.10. The molecule has 0 spiro atoms. The summed E-state index contributed by atoms with van der Waals surface area (Å²) >= 11 is 0. The zero-order chi connectivity index (χ0) is 21.4. The Morgan fingerprint density at radius 1 is 1.07 bits per heavy atom. The van der Waals surface area contributed by atoms with Gasteiger partial charge in [0.15, 0.2) is 6.10 Å². The average Bonchev–Trinajstić information content (AvgIpc) is 2.68. The fourth-order valence-electron chi connectivity index (χ4n) is 2.48. The Balaban J connectivity index is 2.12. The van der Waals surface area contributed by atoms with Crippen LogP contribution in [0.1, 0.15) is 25.0 Å². The Bertz CT molecular complexity index is 922. The van der Waals surface area contributed by atoms with Gasteiger partial charge in [0.05, 0.1) is 12.8 Å². The first-order valence-electron chi connectivity index (χ1n) is 9.01. The lowest BCUT2D eigenvalue weighted by atomic mass is 10.2. The van der Waals surface area contributed by atoms with Crippen LogP contribution in [0.15, 0.2) is 54.2 Å². The van der Waals surface area contributed by atoms with E-state index in [0.717, 1.165) is 5.56 Å². The number of aryl methyl sites for hydroxylation is 1. The molecule has 0 saturated carbocycles. The molecule has 0 bridgehead atoms. The number of hydrogen-bond donors (Lipinski definition) is 2. The first-order chi connectivity index (χ1) is 13.8. The van der Waals surface area contributed by atoms with Crippen LogP contribution in [-0.4, -0.2) is 31.0 Å². The SMILES string of the molecule is COc1ccc(C)cc1NC(=O)[C@H](C)OC(=O)/C(=C/c1ccccc1)NC(C)=O. The highest BCUT2D eigenvalue weighted by Gasteiger charge is 2.22. The van der Waals surface area contributed by atoms with Crippen LogP contribution < -0.4 is 15.4 Å². The second-order valence-electron chi connectivity index (χ2n) is 6.39. The molecule has 0 unspecified atom stereocenters. The van der Waals surface area contributed by atoms with Crippen molar-refractivity contribution in [2.75, 3.05) is 12.4 Å². The van der Waals surface area contributed by atoms with Crippen LogP contribution in [0.3, 0.4) is 0 Å². The molecule has 2 N–H and O–H groups in total. The molecule has 0 aliphatic heterocycles. The molecular formula is C22H24N2O5. The van der Waals surface area contributed by atoms with E-state index in [1.165, 1.54) is 27.0 Å². The quantitative estimate of drug-likeness (QED) is 0.554. The summed E-state index contributed by atoms with van der Waals surface area (Å²) in [4.78, 5) is 36.5. The van der Waals surface area contributed by atoms with Gasteiger partial charge in [-0.15, -0.1) is 0 Å². The number of carbonyl (C=O) groups is 3. The summed E-state index contributed by atoms with van der Waals surface area (Å²) in [6, 6.07) is 14.3. The zero-order valence-electron chi connectivity index (χ0n) is 16.8. The lowest BCUT2D eigenvalue weighted by Crippen LogP contribution is -2.34. The Labute approximate surface area is 169 Å². The number of esters is 1.